The molecule has 122 valence electrons. The van der Waals surface area contributed by atoms with Crippen molar-refractivity contribution in [3.05, 3.63) is 64.5 Å². The van der Waals surface area contributed by atoms with Gasteiger partial charge in [0.2, 0.25) is 0 Å². The number of aromatic nitrogens is 1. The van der Waals surface area contributed by atoms with Crippen molar-refractivity contribution in [2.75, 3.05) is 12.4 Å². The molecule has 0 aliphatic heterocycles. The number of nitrogens with one attached hydrogen (secondary N) is 1. The number of pyridine rings is 1. The summed E-state index contributed by atoms with van der Waals surface area (Å²) in [6, 6.07) is 6.37. The third-order valence-corrected chi connectivity index (χ3v) is 4.03. The van der Waals surface area contributed by atoms with Crippen molar-refractivity contribution in [1.82, 2.24) is 4.98 Å². The van der Waals surface area contributed by atoms with Crippen LogP contribution in [0.2, 0.25) is 0 Å². The maximum atomic E-state index is 14.3. The molecule has 0 saturated heterocycles. The molecule has 0 amide bonds. The molecule has 1 unspecified atom stereocenters. The molecule has 1 heterocycles. The van der Waals surface area contributed by atoms with E-state index in [-0.39, 0.29) is 0 Å². The zero-order chi connectivity index (χ0) is 17.0. The lowest BCUT2D eigenvalue weighted by molar-refractivity contribution is 0.374. The van der Waals surface area contributed by atoms with E-state index in [0.717, 1.165) is 28.8 Å². The summed E-state index contributed by atoms with van der Waals surface area (Å²) in [5.41, 5.74) is 6.87. The van der Waals surface area contributed by atoms with Crippen LogP contribution < -0.4 is 5.32 Å². The Kier molecular flexibility index (Phi) is 5.54. The van der Waals surface area contributed by atoms with Crippen LogP contribution in [0.4, 0.5) is 10.1 Å². The summed E-state index contributed by atoms with van der Waals surface area (Å²) in [7, 11) is 1.80. The van der Waals surface area contributed by atoms with Gasteiger partial charge in [-0.25, -0.2) is 4.39 Å². The van der Waals surface area contributed by atoms with Gasteiger partial charge in [0.25, 0.3) is 0 Å². The first kappa shape index (κ1) is 17.2. The number of hydrogen-bond acceptors (Lipinski definition) is 2. The number of rotatable bonds is 5. The van der Waals surface area contributed by atoms with Crippen molar-refractivity contribution in [2.24, 2.45) is 0 Å². The van der Waals surface area contributed by atoms with E-state index in [1.165, 1.54) is 11.1 Å². The Balaban J connectivity index is 2.71. The Morgan fingerprint density at radius 3 is 2.57 bits per heavy atom. The van der Waals surface area contributed by atoms with Gasteiger partial charge in [0.05, 0.1) is 11.9 Å². The zero-order valence-corrected chi connectivity index (χ0v) is 14.6. The number of alkyl halides is 1. The van der Waals surface area contributed by atoms with Crippen LogP contribution >= 0.6 is 0 Å². The summed E-state index contributed by atoms with van der Waals surface area (Å²) < 4.78 is 14.3. The van der Waals surface area contributed by atoms with Crippen LogP contribution in [0.3, 0.4) is 0 Å². The largest absolute Gasteiger partial charge is 0.387 e. The maximum absolute atomic E-state index is 14.3. The normalized spacial score (nSPS) is 13.0. The third-order valence-electron chi connectivity index (χ3n) is 4.03. The van der Waals surface area contributed by atoms with Crippen LogP contribution in [0.1, 0.15) is 54.3 Å². The lowest BCUT2D eigenvalue weighted by Gasteiger charge is -2.19. The lowest BCUT2D eigenvalue weighted by Crippen LogP contribution is -2.04. The Labute approximate surface area is 138 Å². The SMILES string of the molecule is CC/C=C(\c1ccc(C)cc1C)c1cncc(NC)c1C(C)F. The predicted molar refractivity (Wildman–Crippen MR) is 96.6 cm³/mol. The van der Waals surface area contributed by atoms with E-state index < -0.39 is 6.17 Å². The fraction of sp³-hybridized carbons (Fsp3) is 0.350. The summed E-state index contributed by atoms with van der Waals surface area (Å²) in [6.45, 7) is 7.85. The van der Waals surface area contributed by atoms with Crippen LogP contribution in [0.25, 0.3) is 5.57 Å². The summed E-state index contributed by atoms with van der Waals surface area (Å²) in [4.78, 5) is 4.30. The quantitative estimate of drug-likeness (QED) is 0.776. The molecule has 2 nitrogen and oxygen atoms in total. The highest BCUT2D eigenvalue weighted by molar-refractivity contribution is 5.84. The van der Waals surface area contributed by atoms with E-state index in [1.807, 2.05) is 0 Å². The average molecular weight is 312 g/mol. The number of halogens is 1. The summed E-state index contributed by atoms with van der Waals surface area (Å²) in [6.07, 6.45) is 5.42. The highest BCUT2D eigenvalue weighted by atomic mass is 19.1. The fourth-order valence-corrected chi connectivity index (χ4v) is 3.00. The lowest BCUT2D eigenvalue weighted by atomic mass is 9.89. The average Bonchev–Trinajstić information content (AvgIpc) is 2.52. The molecule has 0 bridgehead atoms. The van der Waals surface area contributed by atoms with E-state index in [2.05, 4.69) is 55.3 Å². The molecular weight excluding hydrogens is 287 g/mol. The van der Waals surface area contributed by atoms with Gasteiger partial charge in [-0.15, -0.1) is 0 Å². The van der Waals surface area contributed by atoms with Gasteiger partial charge in [-0.1, -0.05) is 36.8 Å². The van der Waals surface area contributed by atoms with Gasteiger partial charge in [0, 0.05) is 24.4 Å². The second kappa shape index (κ2) is 7.40. The van der Waals surface area contributed by atoms with Crippen molar-refractivity contribution in [3.63, 3.8) is 0 Å². The fourth-order valence-electron chi connectivity index (χ4n) is 3.00. The minimum absolute atomic E-state index is 0.669. The number of nitrogens with zero attached hydrogens (tertiary/aromatic N) is 1. The van der Waals surface area contributed by atoms with E-state index in [9.17, 15) is 4.39 Å². The summed E-state index contributed by atoms with van der Waals surface area (Å²) in [5.74, 6) is 0. The van der Waals surface area contributed by atoms with Crippen LogP contribution in [-0.4, -0.2) is 12.0 Å². The highest BCUT2D eigenvalue weighted by Crippen LogP contribution is 2.36. The molecule has 1 N–H and O–H groups in total. The van der Waals surface area contributed by atoms with Crippen LogP contribution in [-0.2, 0) is 0 Å². The van der Waals surface area contributed by atoms with Crippen molar-refractivity contribution in [3.8, 4) is 0 Å². The second-order valence-electron chi connectivity index (χ2n) is 5.86. The first-order chi connectivity index (χ1) is 11.0. The molecule has 2 rings (SSSR count). The molecule has 0 radical (unpaired) electrons. The molecule has 23 heavy (non-hydrogen) atoms. The van der Waals surface area contributed by atoms with Gasteiger partial charge in [0.15, 0.2) is 0 Å². The zero-order valence-electron chi connectivity index (χ0n) is 14.6. The van der Waals surface area contributed by atoms with Crippen molar-refractivity contribution >= 4 is 11.3 Å². The Morgan fingerprint density at radius 2 is 2.00 bits per heavy atom. The van der Waals surface area contributed by atoms with E-state index in [1.54, 1.807) is 26.4 Å². The van der Waals surface area contributed by atoms with Crippen LogP contribution in [0, 0.1) is 13.8 Å². The van der Waals surface area contributed by atoms with Gasteiger partial charge in [-0.05, 0) is 43.9 Å². The van der Waals surface area contributed by atoms with Gasteiger partial charge in [0.1, 0.15) is 6.17 Å². The van der Waals surface area contributed by atoms with E-state index >= 15 is 0 Å². The first-order valence-electron chi connectivity index (χ1n) is 8.07. The molecule has 2 aromatic rings. The number of aryl methyl sites for hydroxylation is 2. The minimum Gasteiger partial charge on any atom is -0.387 e. The molecule has 0 aliphatic rings. The number of hydrogen-bond donors (Lipinski definition) is 1. The minimum atomic E-state index is -1.07. The molecule has 0 saturated carbocycles. The first-order valence-corrected chi connectivity index (χ1v) is 8.07. The summed E-state index contributed by atoms with van der Waals surface area (Å²) in [5, 5.41) is 3.06. The van der Waals surface area contributed by atoms with E-state index in [4.69, 9.17) is 0 Å². The molecule has 1 aromatic carbocycles. The number of allylic oxidation sites excluding steroid dienone is 1. The van der Waals surface area contributed by atoms with Crippen LogP contribution in [0.5, 0.6) is 0 Å². The van der Waals surface area contributed by atoms with Crippen molar-refractivity contribution < 1.29 is 4.39 Å². The van der Waals surface area contributed by atoms with Crippen molar-refractivity contribution in [2.45, 2.75) is 40.3 Å². The molecular formula is C20H25FN2. The van der Waals surface area contributed by atoms with Gasteiger partial charge in [-0.2, -0.15) is 0 Å². The topological polar surface area (TPSA) is 24.9 Å². The molecule has 0 fully saturated rings. The van der Waals surface area contributed by atoms with E-state index in [0.29, 0.717) is 5.56 Å². The van der Waals surface area contributed by atoms with Crippen LogP contribution in [0.15, 0.2) is 36.7 Å². The Morgan fingerprint density at radius 1 is 1.26 bits per heavy atom. The number of benzene rings is 1. The molecule has 0 aliphatic carbocycles. The Hall–Kier alpha value is -2.16. The summed E-state index contributed by atoms with van der Waals surface area (Å²) >= 11 is 0. The second-order valence-corrected chi connectivity index (χ2v) is 5.86. The maximum Gasteiger partial charge on any atom is 0.125 e. The number of anilines is 1. The smallest absolute Gasteiger partial charge is 0.125 e. The van der Waals surface area contributed by atoms with Crippen molar-refractivity contribution in [1.29, 1.82) is 0 Å². The monoisotopic (exact) mass is 312 g/mol. The predicted octanol–water partition coefficient (Wildman–Crippen LogP) is 5.61. The molecule has 1 atom stereocenters. The highest BCUT2D eigenvalue weighted by Gasteiger charge is 2.19. The molecule has 1 aromatic heterocycles. The Bertz CT molecular complexity index is 718. The third kappa shape index (κ3) is 3.61. The molecule has 0 spiro atoms. The van der Waals surface area contributed by atoms with Gasteiger partial charge >= 0.3 is 0 Å². The van der Waals surface area contributed by atoms with Gasteiger partial charge < -0.3 is 5.32 Å². The van der Waals surface area contributed by atoms with Gasteiger partial charge in [-0.3, -0.25) is 4.98 Å². The standard InChI is InChI=1S/C20H25FN2/c1-6-7-17(16-9-8-13(2)10-14(16)3)18-11-23-12-19(22-5)20(18)15(4)21/h7-12,15,22H,6H2,1-5H3/b17-7+. The molecule has 3 heteroatoms.